The molecule has 0 spiro atoms. The molecule has 0 amide bonds. The van der Waals surface area contributed by atoms with E-state index in [0.717, 1.165) is 37.4 Å². The molecule has 2 aromatic carbocycles. The van der Waals surface area contributed by atoms with Gasteiger partial charge in [0, 0.05) is 24.0 Å². The Kier molecular flexibility index (Phi) is 12.5. The van der Waals surface area contributed by atoms with E-state index in [1.165, 1.54) is 85.8 Å². The van der Waals surface area contributed by atoms with Gasteiger partial charge in [-0.05, 0) is 31.0 Å². The van der Waals surface area contributed by atoms with Gasteiger partial charge in [0.25, 0.3) is 0 Å². The molecule has 0 aliphatic carbocycles. The molecule has 0 unspecified atom stereocenters. The lowest BCUT2D eigenvalue weighted by Gasteiger charge is -2.21. The Morgan fingerprint density at radius 2 is 1.38 bits per heavy atom. The fourth-order valence-electron chi connectivity index (χ4n) is 4.94. The number of aryl methyl sites for hydroxylation is 1. The lowest BCUT2D eigenvalue weighted by molar-refractivity contribution is -0.545. The second-order valence-electron chi connectivity index (χ2n) is 9.55. The van der Waals surface area contributed by atoms with Gasteiger partial charge in [-0.1, -0.05) is 88.1 Å². The van der Waals surface area contributed by atoms with Crippen molar-refractivity contribution in [2.45, 2.75) is 91.0 Å². The third-order valence-corrected chi connectivity index (χ3v) is 6.96. The second kappa shape index (κ2) is 15.1. The van der Waals surface area contributed by atoms with E-state index in [9.17, 15) is 0 Å². The third-order valence-electron chi connectivity index (χ3n) is 6.96. The molecule has 3 nitrogen and oxygen atoms in total. The summed E-state index contributed by atoms with van der Waals surface area (Å²) in [5.74, 6) is 1.67. The molecule has 4 heteroatoms. The highest BCUT2D eigenvalue weighted by Crippen LogP contribution is 2.33. The Balaban J connectivity index is 0.00000408. The van der Waals surface area contributed by atoms with E-state index in [1.807, 2.05) is 0 Å². The summed E-state index contributed by atoms with van der Waals surface area (Å²) < 4.78 is 13.8. The van der Waals surface area contributed by atoms with Crippen LogP contribution in [-0.2, 0) is 13.0 Å². The summed E-state index contributed by atoms with van der Waals surface area (Å²) in [5, 5.41) is 0. The first kappa shape index (κ1) is 28.2. The van der Waals surface area contributed by atoms with E-state index in [4.69, 9.17) is 9.47 Å². The molecule has 1 heterocycles. The molecule has 1 aliphatic rings. The molecule has 0 aromatic heterocycles. The van der Waals surface area contributed by atoms with Crippen LogP contribution in [0.25, 0.3) is 0 Å². The maximum Gasteiger partial charge on any atom is 0.184 e. The van der Waals surface area contributed by atoms with E-state index in [0.29, 0.717) is 0 Å². The third kappa shape index (κ3) is 8.05. The maximum atomic E-state index is 5.66. The molecule has 1 aliphatic heterocycles. The van der Waals surface area contributed by atoms with E-state index >= 15 is 0 Å². The number of unbranched alkanes of at least 4 members (excludes halogenated alkanes) is 8. The van der Waals surface area contributed by atoms with E-state index in [1.54, 1.807) is 14.2 Å². The molecule has 0 atom stereocenters. The average molecular weight is 486 g/mol. The zero-order chi connectivity index (χ0) is 23.5. The van der Waals surface area contributed by atoms with Crippen molar-refractivity contribution in [1.82, 2.24) is 0 Å². The van der Waals surface area contributed by atoms with Gasteiger partial charge in [0.05, 0.1) is 14.2 Å². The van der Waals surface area contributed by atoms with Crippen LogP contribution in [0, 0.1) is 6.92 Å². The molecule has 0 bridgehead atoms. The molecule has 0 N–H and O–H groups in total. The number of ether oxygens (including phenoxy) is 2. The van der Waals surface area contributed by atoms with Gasteiger partial charge in [-0.2, -0.15) is 0 Å². The van der Waals surface area contributed by atoms with Crippen molar-refractivity contribution in [3.63, 3.8) is 0 Å². The van der Waals surface area contributed by atoms with Crippen LogP contribution in [0.3, 0.4) is 0 Å². The van der Waals surface area contributed by atoms with Gasteiger partial charge in [-0.3, -0.25) is 0 Å². The van der Waals surface area contributed by atoms with Crippen LogP contribution in [0.1, 0.15) is 93.4 Å². The number of hydrogen-bond acceptors (Lipinski definition) is 2. The number of benzene rings is 2. The Bertz CT molecular complexity index is 905. The maximum absolute atomic E-state index is 5.66. The second-order valence-corrected chi connectivity index (χ2v) is 9.55. The van der Waals surface area contributed by atoms with E-state index in [-0.39, 0.29) is 12.4 Å². The van der Waals surface area contributed by atoms with Crippen molar-refractivity contribution in [2.75, 3.05) is 20.8 Å². The minimum absolute atomic E-state index is 0. The van der Waals surface area contributed by atoms with Crippen molar-refractivity contribution in [2.24, 2.45) is 0 Å². The molecule has 0 saturated heterocycles. The monoisotopic (exact) mass is 485 g/mol. The van der Waals surface area contributed by atoms with Crippen molar-refractivity contribution >= 4 is 5.71 Å². The molecule has 0 radical (unpaired) electrons. The molecule has 2 aromatic rings. The first-order valence-corrected chi connectivity index (χ1v) is 13.1. The number of methoxy groups -OCH3 is 2. The molecule has 188 valence electrons. The van der Waals surface area contributed by atoms with Crippen molar-refractivity contribution in [3.8, 4) is 11.5 Å². The molecular formula is C30H44ClNO2. The zero-order valence-corrected chi connectivity index (χ0v) is 22.6. The van der Waals surface area contributed by atoms with E-state index in [2.05, 4.69) is 54.8 Å². The fourth-order valence-corrected chi connectivity index (χ4v) is 4.94. The standard InChI is InChI=1S/C30H44NO2.ClH/c1-5-6-7-8-9-10-11-12-13-14-28-27-22-30(33-4)29(32-3)21-26(27)19-20-31(28)23-25-17-15-24(2)16-18-25;/h15-18,21-22H,5-14,19-20,23H2,1-4H3;1H/q+1;/p-1. The normalized spacial score (nSPS) is 12.8. The topological polar surface area (TPSA) is 21.5 Å². The highest BCUT2D eigenvalue weighted by atomic mass is 35.5. The zero-order valence-electron chi connectivity index (χ0n) is 21.8. The summed E-state index contributed by atoms with van der Waals surface area (Å²) in [6.45, 7) is 6.47. The molecule has 0 fully saturated rings. The Hall–Kier alpha value is -2.00. The molecule has 0 saturated carbocycles. The lowest BCUT2D eigenvalue weighted by Crippen LogP contribution is -3.00. The fraction of sp³-hybridized carbons (Fsp3) is 0.567. The number of hydrogen-bond donors (Lipinski definition) is 0. The highest BCUT2D eigenvalue weighted by Gasteiger charge is 2.27. The van der Waals surface area contributed by atoms with Crippen LogP contribution < -0.4 is 21.9 Å². The highest BCUT2D eigenvalue weighted by molar-refractivity contribution is 5.99. The van der Waals surface area contributed by atoms with E-state index < -0.39 is 0 Å². The van der Waals surface area contributed by atoms with Gasteiger partial charge in [0.2, 0.25) is 0 Å². The predicted molar refractivity (Wildman–Crippen MR) is 139 cm³/mol. The van der Waals surface area contributed by atoms with Gasteiger partial charge < -0.3 is 21.9 Å². The lowest BCUT2D eigenvalue weighted by atomic mass is 9.92. The quantitative estimate of drug-likeness (QED) is 0.290. The molecular weight excluding hydrogens is 442 g/mol. The van der Waals surface area contributed by atoms with Crippen molar-refractivity contribution in [1.29, 1.82) is 0 Å². The Morgan fingerprint density at radius 1 is 0.794 bits per heavy atom. The van der Waals surface area contributed by atoms with Crippen molar-refractivity contribution in [3.05, 3.63) is 58.7 Å². The summed E-state index contributed by atoms with van der Waals surface area (Å²) in [6.07, 6.45) is 14.4. The largest absolute Gasteiger partial charge is 1.00 e. The molecule has 3 rings (SSSR count). The first-order valence-electron chi connectivity index (χ1n) is 13.1. The minimum atomic E-state index is 0. The summed E-state index contributed by atoms with van der Waals surface area (Å²) in [5.41, 5.74) is 6.91. The Labute approximate surface area is 214 Å². The van der Waals surface area contributed by atoms with Gasteiger partial charge in [0.1, 0.15) is 6.54 Å². The smallest absolute Gasteiger partial charge is 0.184 e. The van der Waals surface area contributed by atoms with Gasteiger partial charge in [0.15, 0.2) is 23.8 Å². The summed E-state index contributed by atoms with van der Waals surface area (Å²) in [6, 6.07) is 13.4. The van der Waals surface area contributed by atoms with Crippen LogP contribution in [0.5, 0.6) is 11.5 Å². The number of halogens is 1. The van der Waals surface area contributed by atoms with Crippen molar-refractivity contribution < 1.29 is 26.5 Å². The van der Waals surface area contributed by atoms with Crippen LogP contribution in [0.15, 0.2) is 36.4 Å². The SMILES string of the molecule is CCCCCCCCCCCC1=[N+](Cc2ccc(C)cc2)CCc2cc(OC)c(OC)cc21.[Cl-]. The summed E-state index contributed by atoms with van der Waals surface area (Å²) in [7, 11) is 3.46. The van der Waals surface area contributed by atoms with Gasteiger partial charge in [-0.25, -0.2) is 4.58 Å². The summed E-state index contributed by atoms with van der Waals surface area (Å²) >= 11 is 0. The average Bonchev–Trinajstić information content (AvgIpc) is 2.84. The van der Waals surface area contributed by atoms with Crippen LogP contribution in [0.2, 0.25) is 0 Å². The van der Waals surface area contributed by atoms with Crippen LogP contribution in [-0.4, -0.2) is 31.1 Å². The van der Waals surface area contributed by atoms with Gasteiger partial charge in [-0.15, -0.1) is 0 Å². The number of rotatable bonds is 14. The van der Waals surface area contributed by atoms with Crippen LogP contribution >= 0.6 is 0 Å². The van der Waals surface area contributed by atoms with Crippen LogP contribution in [0.4, 0.5) is 0 Å². The van der Waals surface area contributed by atoms with Gasteiger partial charge >= 0.3 is 0 Å². The summed E-state index contributed by atoms with van der Waals surface area (Å²) in [4.78, 5) is 0. The Morgan fingerprint density at radius 3 is 2.00 bits per heavy atom. The first-order chi connectivity index (χ1) is 16.2. The number of nitrogens with zero attached hydrogens (tertiary/aromatic N) is 1. The number of fused-ring (bicyclic) bond motifs is 1. The molecule has 34 heavy (non-hydrogen) atoms. The predicted octanol–water partition coefficient (Wildman–Crippen LogP) is 4.50. The minimum Gasteiger partial charge on any atom is -1.00 e.